The summed E-state index contributed by atoms with van der Waals surface area (Å²) in [6.07, 6.45) is 0.526. The number of nitro groups is 1. The predicted octanol–water partition coefficient (Wildman–Crippen LogP) is 3.69. The molecule has 28 heavy (non-hydrogen) atoms. The molecule has 0 saturated carbocycles. The molecule has 0 bridgehead atoms. The van der Waals surface area contributed by atoms with E-state index in [4.69, 9.17) is 4.74 Å². The van der Waals surface area contributed by atoms with Gasteiger partial charge in [-0.1, -0.05) is 41.6 Å². The van der Waals surface area contributed by atoms with Crippen molar-refractivity contribution in [3.05, 3.63) is 56.8 Å². The van der Waals surface area contributed by atoms with Crippen LogP contribution in [0.1, 0.15) is 44.2 Å². The van der Waals surface area contributed by atoms with E-state index in [1.165, 1.54) is 18.7 Å². The zero-order valence-corrected chi connectivity index (χ0v) is 17.2. The lowest BCUT2D eigenvalue weighted by atomic mass is 9.80. The molecule has 1 aliphatic rings. The minimum absolute atomic E-state index is 0.00954. The largest absolute Gasteiger partial charge is 0.462 e. The minimum atomic E-state index is -1.12. The third kappa shape index (κ3) is 5.28. The maximum Gasteiger partial charge on any atom is 0.336 e. The molecule has 0 saturated heterocycles. The molecule has 2 rings (SSSR count). The second kappa shape index (κ2) is 9.64. The normalized spacial score (nSPS) is 19.2. The second-order valence-corrected chi connectivity index (χ2v) is 7.98. The maximum absolute atomic E-state index is 12.8. The van der Waals surface area contributed by atoms with Crippen LogP contribution in [0.2, 0.25) is 0 Å². The molecule has 0 N–H and O–H groups in total. The number of thioether (sulfide) groups is 1. The van der Waals surface area contributed by atoms with Crippen molar-refractivity contribution in [1.82, 2.24) is 0 Å². The zero-order valence-electron chi connectivity index (χ0n) is 16.4. The van der Waals surface area contributed by atoms with Crippen molar-refractivity contribution in [3.8, 4) is 0 Å². The first kappa shape index (κ1) is 21.8. The smallest absolute Gasteiger partial charge is 0.336 e. The lowest BCUT2D eigenvalue weighted by Crippen LogP contribution is -2.40. The van der Waals surface area contributed by atoms with Crippen LogP contribution >= 0.6 is 11.8 Å². The van der Waals surface area contributed by atoms with Crippen molar-refractivity contribution in [3.63, 3.8) is 0 Å². The summed E-state index contributed by atoms with van der Waals surface area (Å²) in [5.41, 5.74) is 2.66. The number of ether oxygens (including phenoxy) is 1. The standard InChI is InChI=1S/C20H24N2O5S/c1-12-7-5-8-16(11-12)18-17(13(2)21-14(3)19(18)22(25)26)20(24)27-9-6-10-28-15(4)23/h5,7-8,11,18-19H,6,9-10H2,1-4H3. The van der Waals surface area contributed by atoms with Crippen LogP contribution in [0.15, 0.2) is 40.5 Å². The Morgan fingerprint density at radius 3 is 2.61 bits per heavy atom. The Hall–Kier alpha value is -2.48. The third-order valence-electron chi connectivity index (χ3n) is 4.46. The van der Waals surface area contributed by atoms with Crippen LogP contribution in [0.25, 0.3) is 0 Å². The molecule has 2 unspecified atom stereocenters. The van der Waals surface area contributed by atoms with Crippen LogP contribution in [0.3, 0.4) is 0 Å². The molecule has 2 atom stereocenters. The average Bonchev–Trinajstić information content (AvgIpc) is 2.59. The molecule has 1 aromatic carbocycles. The molecule has 0 radical (unpaired) electrons. The van der Waals surface area contributed by atoms with Crippen LogP contribution in [-0.2, 0) is 14.3 Å². The molecule has 150 valence electrons. The van der Waals surface area contributed by atoms with E-state index < -0.39 is 22.9 Å². The molecule has 0 amide bonds. The van der Waals surface area contributed by atoms with Crippen LogP contribution < -0.4 is 0 Å². The van der Waals surface area contributed by atoms with Crippen LogP contribution in [0.5, 0.6) is 0 Å². The van der Waals surface area contributed by atoms with Crippen molar-refractivity contribution < 1.29 is 19.2 Å². The lowest BCUT2D eigenvalue weighted by Gasteiger charge is -2.27. The highest BCUT2D eigenvalue weighted by atomic mass is 32.2. The predicted molar refractivity (Wildman–Crippen MR) is 109 cm³/mol. The van der Waals surface area contributed by atoms with Gasteiger partial charge in [-0.2, -0.15) is 0 Å². The van der Waals surface area contributed by atoms with Gasteiger partial charge in [0, 0.05) is 23.3 Å². The van der Waals surface area contributed by atoms with Gasteiger partial charge in [-0.25, -0.2) is 4.79 Å². The Morgan fingerprint density at radius 2 is 2.00 bits per heavy atom. The van der Waals surface area contributed by atoms with E-state index in [9.17, 15) is 19.7 Å². The molecular formula is C20H24N2O5S. The van der Waals surface area contributed by atoms with Crippen LogP contribution in [0, 0.1) is 17.0 Å². The van der Waals surface area contributed by atoms with Crippen molar-refractivity contribution >= 4 is 28.6 Å². The van der Waals surface area contributed by atoms with E-state index >= 15 is 0 Å². The van der Waals surface area contributed by atoms with E-state index in [2.05, 4.69) is 4.99 Å². The molecule has 8 heteroatoms. The van der Waals surface area contributed by atoms with Gasteiger partial charge in [-0.05, 0) is 32.8 Å². The monoisotopic (exact) mass is 404 g/mol. The number of aliphatic imine (C=N–C) groups is 1. The van der Waals surface area contributed by atoms with Crippen LogP contribution in [0.4, 0.5) is 0 Å². The van der Waals surface area contributed by atoms with Crippen molar-refractivity contribution in [2.24, 2.45) is 4.99 Å². The van der Waals surface area contributed by atoms with Gasteiger partial charge in [-0.15, -0.1) is 0 Å². The number of carbonyl (C=O) groups is 2. The van der Waals surface area contributed by atoms with Crippen LogP contribution in [-0.4, -0.2) is 40.1 Å². The first-order chi connectivity index (χ1) is 13.2. The van der Waals surface area contributed by atoms with Gasteiger partial charge >= 0.3 is 5.97 Å². The van der Waals surface area contributed by atoms with Crippen molar-refractivity contribution in [1.29, 1.82) is 0 Å². The number of nitrogens with zero attached hydrogens (tertiary/aromatic N) is 2. The van der Waals surface area contributed by atoms with Crippen molar-refractivity contribution in [2.75, 3.05) is 12.4 Å². The molecule has 1 heterocycles. The Balaban J connectivity index is 2.31. The molecule has 0 aromatic heterocycles. The number of allylic oxidation sites excluding steroid dienone is 1. The van der Waals surface area contributed by atoms with E-state index in [0.717, 1.165) is 5.56 Å². The Morgan fingerprint density at radius 1 is 1.29 bits per heavy atom. The topological polar surface area (TPSA) is 98.9 Å². The second-order valence-electron chi connectivity index (χ2n) is 6.70. The molecule has 1 aromatic rings. The van der Waals surface area contributed by atoms with E-state index in [1.807, 2.05) is 25.1 Å². The number of benzene rings is 1. The Bertz CT molecular complexity index is 847. The minimum Gasteiger partial charge on any atom is -0.462 e. The molecule has 0 aliphatic carbocycles. The summed E-state index contributed by atoms with van der Waals surface area (Å²) in [5, 5.41) is 11.8. The number of hydrogen-bond donors (Lipinski definition) is 0. The molecule has 7 nitrogen and oxygen atoms in total. The van der Waals surface area contributed by atoms with Crippen molar-refractivity contribution in [2.45, 2.75) is 46.1 Å². The fourth-order valence-electron chi connectivity index (χ4n) is 3.29. The van der Waals surface area contributed by atoms with Gasteiger partial charge in [0.2, 0.25) is 0 Å². The first-order valence-electron chi connectivity index (χ1n) is 8.99. The van der Waals surface area contributed by atoms with Gasteiger partial charge < -0.3 is 4.74 Å². The average molecular weight is 404 g/mol. The number of aryl methyl sites for hydroxylation is 1. The number of esters is 1. The highest BCUT2D eigenvalue weighted by molar-refractivity contribution is 8.13. The van der Waals surface area contributed by atoms with E-state index in [1.54, 1.807) is 19.9 Å². The fourth-order valence-corrected chi connectivity index (χ4v) is 3.84. The zero-order chi connectivity index (χ0) is 20.8. The molecule has 0 fully saturated rings. The van der Waals surface area contributed by atoms with Gasteiger partial charge in [0.25, 0.3) is 6.04 Å². The lowest BCUT2D eigenvalue weighted by molar-refractivity contribution is -0.505. The SMILES string of the molecule is CC(=O)SCCCOC(=O)C1=C(C)N=C(C)C([N+](=O)[O-])C1c1cccc(C)c1. The van der Waals surface area contributed by atoms with Gasteiger partial charge in [0.1, 0.15) is 0 Å². The fraction of sp³-hybridized carbons (Fsp3) is 0.450. The highest BCUT2D eigenvalue weighted by Crippen LogP contribution is 2.37. The number of hydrogen-bond acceptors (Lipinski definition) is 7. The third-order valence-corrected chi connectivity index (χ3v) is 5.36. The Kier molecular flexibility index (Phi) is 7.51. The summed E-state index contributed by atoms with van der Waals surface area (Å²) in [4.78, 5) is 39.4. The van der Waals surface area contributed by atoms with E-state index in [-0.39, 0.29) is 17.3 Å². The molecule has 0 spiro atoms. The number of rotatable bonds is 7. The first-order valence-corrected chi connectivity index (χ1v) is 9.97. The quantitative estimate of drug-likeness (QED) is 0.297. The summed E-state index contributed by atoms with van der Waals surface area (Å²) < 4.78 is 5.37. The summed E-state index contributed by atoms with van der Waals surface area (Å²) in [5.74, 6) is -0.803. The maximum atomic E-state index is 12.8. The highest BCUT2D eigenvalue weighted by Gasteiger charge is 2.44. The Labute approximate surface area is 168 Å². The van der Waals surface area contributed by atoms with E-state index in [0.29, 0.717) is 29.1 Å². The molecule has 1 aliphatic heterocycles. The van der Waals surface area contributed by atoms with Gasteiger partial charge in [0.15, 0.2) is 5.12 Å². The summed E-state index contributed by atoms with van der Waals surface area (Å²) in [6.45, 7) is 6.81. The summed E-state index contributed by atoms with van der Waals surface area (Å²) in [6, 6.07) is 6.23. The summed E-state index contributed by atoms with van der Waals surface area (Å²) in [7, 11) is 0. The van der Waals surface area contributed by atoms with Gasteiger partial charge in [-0.3, -0.25) is 19.9 Å². The molecular weight excluding hydrogens is 380 g/mol. The number of carbonyl (C=O) groups excluding carboxylic acids is 2. The summed E-state index contributed by atoms with van der Waals surface area (Å²) >= 11 is 1.17. The van der Waals surface area contributed by atoms with Gasteiger partial charge in [0.05, 0.1) is 23.8 Å².